The highest BCUT2D eigenvalue weighted by Crippen LogP contribution is 2.27. The van der Waals surface area contributed by atoms with E-state index in [1.165, 1.54) is 6.33 Å². The van der Waals surface area contributed by atoms with Crippen LogP contribution in [0.1, 0.15) is 5.56 Å². The third-order valence-corrected chi connectivity index (χ3v) is 6.53. The number of anilines is 1. The number of imide groups is 1. The van der Waals surface area contributed by atoms with Gasteiger partial charge in [0.2, 0.25) is 5.88 Å². The third-order valence-electron chi connectivity index (χ3n) is 5.72. The summed E-state index contributed by atoms with van der Waals surface area (Å²) in [6.07, 6.45) is 3.15. The maximum absolute atomic E-state index is 11.7. The van der Waals surface area contributed by atoms with Crippen molar-refractivity contribution in [1.29, 1.82) is 0 Å². The molecule has 1 aliphatic rings. The number of benzene rings is 3. The van der Waals surface area contributed by atoms with Crippen LogP contribution in [-0.2, 0) is 4.79 Å². The zero-order valence-corrected chi connectivity index (χ0v) is 21.4. The van der Waals surface area contributed by atoms with Crippen LogP contribution in [0.5, 0.6) is 17.4 Å². The molecular weight excluding hydrogens is 500 g/mol. The minimum atomic E-state index is -0.373. The van der Waals surface area contributed by atoms with E-state index in [0.717, 1.165) is 28.5 Å². The molecule has 1 N–H and O–H groups in total. The molecule has 4 aromatic rings. The third kappa shape index (κ3) is 6.37. The quantitative estimate of drug-likeness (QED) is 0.276. The van der Waals surface area contributed by atoms with Crippen molar-refractivity contribution < 1.29 is 19.1 Å². The van der Waals surface area contributed by atoms with Crippen LogP contribution in [0.2, 0.25) is 0 Å². The smallest absolute Gasteiger partial charge is 0.290 e. The van der Waals surface area contributed by atoms with E-state index >= 15 is 0 Å². The highest BCUT2D eigenvalue weighted by atomic mass is 32.2. The van der Waals surface area contributed by atoms with E-state index in [4.69, 9.17) is 9.47 Å². The normalized spacial score (nSPS) is 13.9. The molecule has 0 atom stereocenters. The number of thioether (sulfide) groups is 1. The maximum atomic E-state index is 11.7. The Morgan fingerprint density at radius 1 is 0.895 bits per heavy atom. The van der Waals surface area contributed by atoms with Crippen LogP contribution in [0, 0.1) is 0 Å². The second-order valence-corrected chi connectivity index (χ2v) is 9.41. The lowest BCUT2D eigenvalue weighted by Crippen LogP contribution is -2.24. The SMILES string of the molecule is CN(CCOc1ccc(/C=C2\SC(=O)NC2=O)cc1)c1cc(Oc2ccc(-c3ccccc3)cc2)ncn1. The van der Waals surface area contributed by atoms with E-state index in [2.05, 4.69) is 27.4 Å². The Morgan fingerprint density at radius 2 is 1.61 bits per heavy atom. The molecule has 0 spiro atoms. The molecule has 5 rings (SSSR count). The zero-order chi connectivity index (χ0) is 26.3. The van der Waals surface area contributed by atoms with Gasteiger partial charge in [-0.2, -0.15) is 0 Å². The van der Waals surface area contributed by atoms with Crippen LogP contribution in [0.4, 0.5) is 10.6 Å². The number of carbonyl (C=O) groups is 2. The first kappa shape index (κ1) is 25.0. The van der Waals surface area contributed by atoms with E-state index in [9.17, 15) is 9.59 Å². The van der Waals surface area contributed by atoms with Gasteiger partial charge in [-0.05, 0) is 58.8 Å². The zero-order valence-electron chi connectivity index (χ0n) is 20.5. The molecule has 190 valence electrons. The van der Waals surface area contributed by atoms with Crippen molar-refractivity contribution in [2.24, 2.45) is 0 Å². The van der Waals surface area contributed by atoms with Gasteiger partial charge in [-0.15, -0.1) is 0 Å². The van der Waals surface area contributed by atoms with E-state index in [1.54, 1.807) is 12.1 Å². The van der Waals surface area contributed by atoms with Gasteiger partial charge in [-0.25, -0.2) is 9.97 Å². The summed E-state index contributed by atoms with van der Waals surface area (Å²) in [6, 6.07) is 27.2. The molecule has 1 aliphatic heterocycles. The first-order valence-electron chi connectivity index (χ1n) is 11.9. The van der Waals surface area contributed by atoms with Crippen LogP contribution in [0.25, 0.3) is 17.2 Å². The number of rotatable bonds is 9. The van der Waals surface area contributed by atoms with Crippen LogP contribution < -0.4 is 19.7 Å². The van der Waals surface area contributed by atoms with Crippen molar-refractivity contribution in [1.82, 2.24) is 15.3 Å². The largest absolute Gasteiger partial charge is 0.492 e. The Labute approximate surface area is 224 Å². The van der Waals surface area contributed by atoms with Crippen molar-refractivity contribution >= 4 is 34.8 Å². The highest BCUT2D eigenvalue weighted by Gasteiger charge is 2.24. The second kappa shape index (κ2) is 11.6. The number of ether oxygens (including phenoxy) is 2. The first-order valence-corrected chi connectivity index (χ1v) is 12.7. The average molecular weight is 525 g/mol. The summed E-state index contributed by atoms with van der Waals surface area (Å²) in [4.78, 5) is 33.9. The molecule has 9 heteroatoms. The van der Waals surface area contributed by atoms with E-state index in [1.807, 2.05) is 78.7 Å². The number of hydrogen-bond acceptors (Lipinski definition) is 8. The Bertz CT molecular complexity index is 1460. The predicted molar refractivity (Wildman–Crippen MR) is 148 cm³/mol. The number of hydrogen-bond donors (Lipinski definition) is 1. The number of carbonyl (C=O) groups excluding carboxylic acids is 2. The fourth-order valence-corrected chi connectivity index (χ4v) is 4.39. The van der Waals surface area contributed by atoms with Gasteiger partial charge in [0.25, 0.3) is 11.1 Å². The van der Waals surface area contributed by atoms with Gasteiger partial charge >= 0.3 is 0 Å². The Kier molecular flexibility index (Phi) is 7.65. The summed E-state index contributed by atoms with van der Waals surface area (Å²) in [5, 5.41) is 1.89. The molecule has 0 bridgehead atoms. The van der Waals surface area contributed by atoms with Crippen molar-refractivity contribution in [3.05, 3.63) is 102 Å². The molecule has 8 nitrogen and oxygen atoms in total. The minimum Gasteiger partial charge on any atom is -0.492 e. The number of amides is 2. The molecule has 3 aromatic carbocycles. The standard InChI is InChI=1S/C29H24N4O4S/c1-33(15-16-36-23-11-7-20(8-12-23)17-25-28(34)32-29(35)38-25)26-18-27(31-19-30-26)37-24-13-9-22(10-14-24)21-5-3-2-4-6-21/h2-14,17-19H,15-16H2,1H3,(H,32,34,35)/b25-17-. The van der Waals surface area contributed by atoms with Crippen molar-refractivity contribution in [2.75, 3.05) is 25.1 Å². The van der Waals surface area contributed by atoms with E-state index in [-0.39, 0.29) is 11.1 Å². The van der Waals surface area contributed by atoms with Gasteiger partial charge in [-0.3, -0.25) is 14.9 Å². The maximum Gasteiger partial charge on any atom is 0.290 e. The molecule has 1 saturated heterocycles. The lowest BCUT2D eigenvalue weighted by Gasteiger charge is -2.18. The summed E-state index contributed by atoms with van der Waals surface area (Å²) < 4.78 is 11.8. The summed E-state index contributed by atoms with van der Waals surface area (Å²) in [5.41, 5.74) is 3.07. The van der Waals surface area contributed by atoms with Crippen molar-refractivity contribution in [3.8, 4) is 28.5 Å². The van der Waals surface area contributed by atoms with E-state index < -0.39 is 0 Å². The summed E-state index contributed by atoms with van der Waals surface area (Å²) in [6.45, 7) is 1.03. The Balaban J connectivity index is 1.13. The van der Waals surface area contributed by atoms with E-state index in [0.29, 0.717) is 41.3 Å². The number of likely N-dealkylation sites (N-methyl/N-ethyl adjacent to an activating group) is 1. The molecule has 0 unspecified atom stereocenters. The van der Waals surface area contributed by atoms with Gasteiger partial charge < -0.3 is 14.4 Å². The molecule has 0 radical (unpaired) electrons. The molecule has 0 saturated carbocycles. The fourth-order valence-electron chi connectivity index (χ4n) is 3.71. The molecule has 2 amide bonds. The van der Waals surface area contributed by atoms with Crippen LogP contribution in [-0.4, -0.2) is 41.3 Å². The molecule has 2 heterocycles. The lowest BCUT2D eigenvalue weighted by atomic mass is 10.1. The Morgan fingerprint density at radius 3 is 2.32 bits per heavy atom. The van der Waals surface area contributed by atoms with Gasteiger partial charge in [0.1, 0.15) is 30.3 Å². The van der Waals surface area contributed by atoms with Crippen molar-refractivity contribution in [3.63, 3.8) is 0 Å². The fraction of sp³-hybridized carbons (Fsp3) is 0.103. The second-order valence-electron chi connectivity index (χ2n) is 8.40. The number of aromatic nitrogens is 2. The van der Waals surface area contributed by atoms with Gasteiger partial charge in [-0.1, -0.05) is 54.6 Å². The topological polar surface area (TPSA) is 93.7 Å². The van der Waals surface area contributed by atoms with Gasteiger partial charge in [0.15, 0.2) is 0 Å². The molecular formula is C29H24N4O4S. The first-order chi connectivity index (χ1) is 18.5. The summed E-state index contributed by atoms with van der Waals surface area (Å²) in [5.74, 6) is 2.19. The lowest BCUT2D eigenvalue weighted by molar-refractivity contribution is -0.115. The number of nitrogens with zero attached hydrogens (tertiary/aromatic N) is 3. The number of nitrogens with one attached hydrogen (secondary N) is 1. The average Bonchev–Trinajstić information content (AvgIpc) is 3.26. The molecule has 38 heavy (non-hydrogen) atoms. The highest BCUT2D eigenvalue weighted by molar-refractivity contribution is 8.18. The predicted octanol–water partition coefficient (Wildman–Crippen LogP) is 5.78. The van der Waals surface area contributed by atoms with Crippen LogP contribution in [0.3, 0.4) is 0 Å². The summed E-state index contributed by atoms with van der Waals surface area (Å²) >= 11 is 0.894. The molecule has 0 aliphatic carbocycles. The van der Waals surface area contributed by atoms with Crippen LogP contribution >= 0.6 is 11.8 Å². The molecule has 1 aromatic heterocycles. The monoisotopic (exact) mass is 524 g/mol. The van der Waals surface area contributed by atoms with Crippen molar-refractivity contribution in [2.45, 2.75) is 0 Å². The van der Waals surface area contributed by atoms with Gasteiger partial charge in [0.05, 0.1) is 11.4 Å². The minimum absolute atomic E-state index is 0.356. The summed E-state index contributed by atoms with van der Waals surface area (Å²) in [7, 11) is 1.92. The van der Waals surface area contributed by atoms with Crippen LogP contribution in [0.15, 0.2) is 96.2 Å². The van der Waals surface area contributed by atoms with Gasteiger partial charge in [0, 0.05) is 13.1 Å². The molecule has 1 fully saturated rings. The Hall–Kier alpha value is -4.63.